The SMILES string of the molecule is CCc1cccc(OC[C@@H](O)C[NH+](CCOC)CCOC)c1. The third-order valence-corrected chi connectivity index (χ3v) is 3.59. The van der Waals surface area contributed by atoms with E-state index in [1.165, 1.54) is 10.5 Å². The predicted molar refractivity (Wildman–Crippen MR) is 86.6 cm³/mol. The number of ether oxygens (including phenoxy) is 3. The fourth-order valence-electron chi connectivity index (χ4n) is 2.26. The van der Waals surface area contributed by atoms with Gasteiger partial charge >= 0.3 is 0 Å². The predicted octanol–water partition coefficient (Wildman–Crippen LogP) is 0.166. The minimum absolute atomic E-state index is 0.302. The summed E-state index contributed by atoms with van der Waals surface area (Å²) in [6.07, 6.45) is 0.472. The van der Waals surface area contributed by atoms with E-state index in [4.69, 9.17) is 14.2 Å². The largest absolute Gasteiger partial charge is 0.491 e. The smallest absolute Gasteiger partial charge is 0.137 e. The Labute approximate surface area is 133 Å². The molecule has 0 aliphatic carbocycles. The van der Waals surface area contributed by atoms with Crippen LogP contribution < -0.4 is 9.64 Å². The van der Waals surface area contributed by atoms with Crippen LogP contribution in [-0.4, -0.2) is 64.9 Å². The number of methoxy groups -OCH3 is 2. The number of aryl methyl sites for hydroxylation is 1. The first-order valence-corrected chi connectivity index (χ1v) is 7.90. The third-order valence-electron chi connectivity index (χ3n) is 3.59. The number of rotatable bonds is 12. The molecule has 0 heterocycles. The molecule has 0 fully saturated rings. The van der Waals surface area contributed by atoms with Gasteiger partial charge in [0.25, 0.3) is 0 Å². The van der Waals surface area contributed by atoms with Gasteiger partial charge in [0.1, 0.15) is 38.1 Å². The second-order valence-corrected chi connectivity index (χ2v) is 5.41. The molecule has 0 bridgehead atoms. The molecule has 0 amide bonds. The van der Waals surface area contributed by atoms with Crippen molar-refractivity contribution in [3.8, 4) is 5.75 Å². The van der Waals surface area contributed by atoms with Gasteiger partial charge in [-0.25, -0.2) is 0 Å². The van der Waals surface area contributed by atoms with Gasteiger partial charge in [0.05, 0.1) is 13.2 Å². The molecule has 1 aromatic rings. The molecule has 1 atom stereocenters. The summed E-state index contributed by atoms with van der Waals surface area (Å²) in [5.74, 6) is 0.814. The zero-order valence-electron chi connectivity index (χ0n) is 14.0. The molecule has 5 heteroatoms. The molecule has 1 aromatic carbocycles. The van der Waals surface area contributed by atoms with Gasteiger partial charge in [-0.2, -0.15) is 0 Å². The molecule has 0 aliphatic rings. The zero-order chi connectivity index (χ0) is 16.2. The summed E-state index contributed by atoms with van der Waals surface area (Å²) in [7, 11) is 3.38. The van der Waals surface area contributed by atoms with Crippen LogP contribution in [0.2, 0.25) is 0 Å². The van der Waals surface area contributed by atoms with Gasteiger partial charge in [0.2, 0.25) is 0 Å². The molecule has 0 radical (unpaired) electrons. The molecule has 2 N–H and O–H groups in total. The highest BCUT2D eigenvalue weighted by Crippen LogP contribution is 2.13. The van der Waals surface area contributed by atoms with E-state index in [0.29, 0.717) is 26.4 Å². The minimum Gasteiger partial charge on any atom is -0.491 e. The van der Waals surface area contributed by atoms with Gasteiger partial charge in [-0.05, 0) is 24.1 Å². The summed E-state index contributed by atoms with van der Waals surface area (Å²) < 4.78 is 15.9. The Morgan fingerprint density at radius 1 is 1.14 bits per heavy atom. The van der Waals surface area contributed by atoms with E-state index in [1.807, 2.05) is 18.2 Å². The van der Waals surface area contributed by atoms with Crippen LogP contribution in [0.15, 0.2) is 24.3 Å². The van der Waals surface area contributed by atoms with Crippen LogP contribution in [0.3, 0.4) is 0 Å². The van der Waals surface area contributed by atoms with E-state index in [1.54, 1.807) is 14.2 Å². The van der Waals surface area contributed by atoms with Gasteiger partial charge in [-0.3, -0.25) is 0 Å². The average molecular weight is 312 g/mol. The number of quaternary nitrogens is 1. The molecule has 0 saturated heterocycles. The lowest BCUT2D eigenvalue weighted by atomic mass is 10.2. The van der Waals surface area contributed by atoms with E-state index in [2.05, 4.69) is 13.0 Å². The Hall–Kier alpha value is -1.14. The Morgan fingerprint density at radius 2 is 1.82 bits per heavy atom. The van der Waals surface area contributed by atoms with Crippen molar-refractivity contribution in [1.82, 2.24) is 0 Å². The second kappa shape index (κ2) is 11.4. The van der Waals surface area contributed by atoms with Crippen LogP contribution in [0.5, 0.6) is 5.75 Å². The molecular formula is C17H30NO4+. The van der Waals surface area contributed by atoms with Crippen LogP contribution in [0, 0.1) is 0 Å². The number of nitrogens with one attached hydrogen (secondary N) is 1. The fourth-order valence-corrected chi connectivity index (χ4v) is 2.26. The van der Waals surface area contributed by atoms with Crippen molar-refractivity contribution in [2.45, 2.75) is 19.4 Å². The lowest BCUT2D eigenvalue weighted by Gasteiger charge is -2.22. The highest BCUT2D eigenvalue weighted by atomic mass is 16.5. The number of hydrogen-bond acceptors (Lipinski definition) is 4. The normalized spacial score (nSPS) is 12.6. The summed E-state index contributed by atoms with van der Waals surface area (Å²) in [5, 5.41) is 10.2. The van der Waals surface area contributed by atoms with Gasteiger partial charge < -0.3 is 24.2 Å². The summed E-state index contributed by atoms with van der Waals surface area (Å²) in [6.45, 7) is 6.08. The topological polar surface area (TPSA) is 52.4 Å². The maximum absolute atomic E-state index is 10.2. The lowest BCUT2D eigenvalue weighted by Crippen LogP contribution is -3.14. The molecule has 0 unspecified atom stereocenters. The quantitative estimate of drug-likeness (QED) is 0.578. The van der Waals surface area contributed by atoms with E-state index < -0.39 is 6.10 Å². The minimum atomic E-state index is -0.506. The first-order valence-electron chi connectivity index (χ1n) is 7.90. The number of aliphatic hydroxyl groups excluding tert-OH is 1. The Bertz CT molecular complexity index is 392. The molecule has 0 aromatic heterocycles. The van der Waals surface area contributed by atoms with Crippen molar-refractivity contribution in [1.29, 1.82) is 0 Å². The third kappa shape index (κ3) is 7.75. The van der Waals surface area contributed by atoms with Crippen molar-refractivity contribution < 1.29 is 24.2 Å². The lowest BCUT2D eigenvalue weighted by molar-refractivity contribution is -0.903. The molecule has 126 valence electrons. The Balaban J connectivity index is 2.39. The van der Waals surface area contributed by atoms with Gasteiger partial charge in [-0.1, -0.05) is 19.1 Å². The monoisotopic (exact) mass is 312 g/mol. The van der Waals surface area contributed by atoms with Crippen molar-refractivity contribution in [2.24, 2.45) is 0 Å². The molecule has 0 aliphatic heterocycles. The van der Waals surface area contributed by atoms with Crippen LogP contribution in [0.25, 0.3) is 0 Å². The number of benzene rings is 1. The Kier molecular flexibility index (Phi) is 9.82. The van der Waals surface area contributed by atoms with Gasteiger partial charge in [0, 0.05) is 14.2 Å². The average Bonchev–Trinajstić information content (AvgIpc) is 2.55. The first-order chi connectivity index (χ1) is 10.7. The van der Waals surface area contributed by atoms with Crippen molar-refractivity contribution >= 4 is 0 Å². The van der Waals surface area contributed by atoms with Crippen LogP contribution >= 0.6 is 0 Å². The van der Waals surface area contributed by atoms with Crippen molar-refractivity contribution in [2.75, 3.05) is 53.7 Å². The van der Waals surface area contributed by atoms with Crippen molar-refractivity contribution in [3.63, 3.8) is 0 Å². The van der Waals surface area contributed by atoms with Gasteiger partial charge in [0.15, 0.2) is 0 Å². The van der Waals surface area contributed by atoms with E-state index in [-0.39, 0.29) is 0 Å². The number of hydrogen-bond donors (Lipinski definition) is 2. The number of aliphatic hydroxyl groups is 1. The molecule has 0 spiro atoms. The van der Waals surface area contributed by atoms with E-state index in [9.17, 15) is 5.11 Å². The highest BCUT2D eigenvalue weighted by molar-refractivity contribution is 5.28. The fraction of sp³-hybridized carbons (Fsp3) is 0.647. The molecular weight excluding hydrogens is 282 g/mol. The van der Waals surface area contributed by atoms with Crippen molar-refractivity contribution in [3.05, 3.63) is 29.8 Å². The molecule has 0 saturated carbocycles. The molecule has 5 nitrogen and oxygen atoms in total. The maximum atomic E-state index is 10.2. The summed E-state index contributed by atoms with van der Waals surface area (Å²) in [6, 6.07) is 8.00. The van der Waals surface area contributed by atoms with Crippen LogP contribution in [0.4, 0.5) is 0 Å². The zero-order valence-corrected chi connectivity index (χ0v) is 14.0. The highest BCUT2D eigenvalue weighted by Gasteiger charge is 2.15. The second-order valence-electron chi connectivity index (χ2n) is 5.41. The van der Waals surface area contributed by atoms with Crippen LogP contribution in [0.1, 0.15) is 12.5 Å². The van der Waals surface area contributed by atoms with E-state index >= 15 is 0 Å². The van der Waals surface area contributed by atoms with E-state index in [0.717, 1.165) is 25.3 Å². The standard InChI is InChI=1S/C17H29NO4/c1-4-15-6-5-7-17(12-15)22-14-16(19)13-18(8-10-20-2)9-11-21-3/h5-7,12,16,19H,4,8-11,13-14H2,1-3H3/p+1/t16-/m0/s1. The van der Waals surface area contributed by atoms with Crippen LogP contribution in [-0.2, 0) is 15.9 Å². The molecule has 22 heavy (non-hydrogen) atoms. The summed E-state index contributed by atoms with van der Waals surface area (Å²) >= 11 is 0. The first kappa shape index (κ1) is 18.9. The Morgan fingerprint density at radius 3 is 2.41 bits per heavy atom. The van der Waals surface area contributed by atoms with Gasteiger partial charge in [-0.15, -0.1) is 0 Å². The molecule has 1 rings (SSSR count). The summed E-state index contributed by atoms with van der Waals surface area (Å²) in [4.78, 5) is 1.25. The summed E-state index contributed by atoms with van der Waals surface area (Å²) in [5.41, 5.74) is 1.24. The maximum Gasteiger partial charge on any atom is 0.137 e.